The van der Waals surface area contributed by atoms with Crippen LogP contribution in [0, 0.1) is 20.8 Å². The van der Waals surface area contributed by atoms with Gasteiger partial charge in [0.15, 0.2) is 5.13 Å². The summed E-state index contributed by atoms with van der Waals surface area (Å²) in [7, 11) is -3.86. The van der Waals surface area contributed by atoms with Gasteiger partial charge in [0.1, 0.15) is 4.88 Å². The number of sulfonamides is 1. The smallest absolute Gasteiger partial charge is 0.267 e. The number of benzene rings is 2. The van der Waals surface area contributed by atoms with Crippen LogP contribution in [-0.4, -0.2) is 25.2 Å². The van der Waals surface area contributed by atoms with Gasteiger partial charge in [0.05, 0.1) is 21.8 Å². The first kappa shape index (κ1) is 21.5. The van der Waals surface area contributed by atoms with Gasteiger partial charge >= 0.3 is 0 Å². The molecule has 3 rings (SSSR count). The monoisotopic (exact) mass is 444 g/mol. The van der Waals surface area contributed by atoms with Crippen LogP contribution in [-0.2, 0) is 10.0 Å². The van der Waals surface area contributed by atoms with E-state index in [0.29, 0.717) is 11.3 Å². The van der Waals surface area contributed by atoms with Crippen LogP contribution in [0.4, 0.5) is 10.8 Å². The molecule has 1 heterocycles. The molecular weight excluding hydrogens is 424 g/mol. The minimum absolute atomic E-state index is 0.0702. The second-order valence-electron chi connectivity index (χ2n) is 6.67. The second kappa shape index (κ2) is 8.25. The molecule has 30 heavy (non-hydrogen) atoms. The predicted octanol–water partition coefficient (Wildman–Crippen LogP) is 3.22. The van der Waals surface area contributed by atoms with E-state index < -0.39 is 21.8 Å². The summed E-state index contributed by atoms with van der Waals surface area (Å²) in [5.74, 6) is -1.19. The number of hydrogen-bond acceptors (Lipinski definition) is 6. The Morgan fingerprint density at radius 2 is 1.77 bits per heavy atom. The van der Waals surface area contributed by atoms with E-state index in [-0.39, 0.29) is 26.2 Å². The topological polar surface area (TPSA) is 131 Å². The maximum Gasteiger partial charge on any atom is 0.267 e. The molecule has 0 aliphatic rings. The van der Waals surface area contributed by atoms with Crippen LogP contribution in [0.1, 0.15) is 36.9 Å². The van der Waals surface area contributed by atoms with Crippen molar-refractivity contribution < 1.29 is 18.0 Å². The van der Waals surface area contributed by atoms with E-state index in [4.69, 9.17) is 5.73 Å². The first-order valence-electron chi connectivity index (χ1n) is 8.86. The SMILES string of the molecule is Cc1ccc(S(=O)(=O)Nc2nc(C)c(C(=O)Nc3ccccc3C(N)=O)s2)c(C)c1. The standard InChI is InChI=1S/C20H20N4O4S2/c1-11-8-9-16(12(2)10-11)30(27,28)24-20-22-13(3)17(29-20)19(26)23-15-7-5-4-6-14(15)18(21)25/h4-10H,1-3H3,(H2,21,25)(H,22,24)(H,23,26). The van der Waals surface area contributed by atoms with Gasteiger partial charge in [-0.05, 0) is 44.5 Å². The van der Waals surface area contributed by atoms with E-state index >= 15 is 0 Å². The van der Waals surface area contributed by atoms with Crippen molar-refractivity contribution in [1.82, 2.24) is 4.98 Å². The van der Waals surface area contributed by atoms with E-state index in [9.17, 15) is 18.0 Å². The van der Waals surface area contributed by atoms with E-state index in [1.807, 2.05) is 6.92 Å². The number of para-hydroxylation sites is 1. The van der Waals surface area contributed by atoms with Crippen molar-refractivity contribution in [1.29, 1.82) is 0 Å². The summed E-state index contributed by atoms with van der Waals surface area (Å²) >= 11 is 0.902. The van der Waals surface area contributed by atoms with Crippen LogP contribution >= 0.6 is 11.3 Å². The quantitative estimate of drug-likeness (QED) is 0.537. The highest BCUT2D eigenvalue weighted by Gasteiger charge is 2.22. The number of primary amides is 1. The summed E-state index contributed by atoms with van der Waals surface area (Å²) in [5, 5.41) is 2.70. The Hall–Kier alpha value is -3.24. The number of nitrogens with zero attached hydrogens (tertiary/aromatic N) is 1. The van der Waals surface area contributed by atoms with Crippen LogP contribution in [0.5, 0.6) is 0 Å². The van der Waals surface area contributed by atoms with Crippen LogP contribution in [0.3, 0.4) is 0 Å². The fraction of sp³-hybridized carbons (Fsp3) is 0.150. The molecule has 8 nitrogen and oxygen atoms in total. The number of nitrogens with two attached hydrogens (primary N) is 1. The Balaban J connectivity index is 1.85. The van der Waals surface area contributed by atoms with Crippen LogP contribution < -0.4 is 15.8 Å². The third kappa shape index (κ3) is 4.50. The number of rotatable bonds is 6. The van der Waals surface area contributed by atoms with Crippen LogP contribution in [0.2, 0.25) is 0 Å². The van der Waals surface area contributed by atoms with Crippen molar-refractivity contribution in [3.63, 3.8) is 0 Å². The van der Waals surface area contributed by atoms with Crippen molar-refractivity contribution >= 4 is 44.0 Å². The van der Waals surface area contributed by atoms with Crippen molar-refractivity contribution in [3.05, 3.63) is 69.7 Å². The van der Waals surface area contributed by atoms with Crippen LogP contribution in [0.25, 0.3) is 0 Å². The first-order valence-corrected chi connectivity index (χ1v) is 11.2. The third-order valence-corrected chi connectivity index (χ3v) is 6.99. The highest BCUT2D eigenvalue weighted by atomic mass is 32.2. The maximum absolute atomic E-state index is 12.7. The second-order valence-corrected chi connectivity index (χ2v) is 9.32. The zero-order valence-corrected chi connectivity index (χ0v) is 18.1. The lowest BCUT2D eigenvalue weighted by atomic mass is 10.1. The summed E-state index contributed by atoms with van der Waals surface area (Å²) in [6.45, 7) is 5.19. The molecule has 0 fully saturated rings. The molecule has 3 aromatic rings. The van der Waals surface area contributed by atoms with Gasteiger partial charge in [-0.2, -0.15) is 0 Å². The summed E-state index contributed by atoms with van der Waals surface area (Å²) in [5.41, 5.74) is 7.68. The van der Waals surface area contributed by atoms with Gasteiger partial charge in [-0.15, -0.1) is 0 Å². The lowest BCUT2D eigenvalue weighted by molar-refractivity contribution is 0.100. The molecule has 4 N–H and O–H groups in total. The first-order chi connectivity index (χ1) is 14.1. The molecule has 0 atom stereocenters. The molecule has 1 aromatic heterocycles. The summed E-state index contributed by atoms with van der Waals surface area (Å²) < 4.78 is 27.9. The molecule has 0 saturated heterocycles. The number of carbonyl (C=O) groups excluding carboxylic acids is 2. The molecule has 0 bridgehead atoms. The minimum Gasteiger partial charge on any atom is -0.366 e. The maximum atomic E-state index is 12.7. The molecule has 10 heteroatoms. The van der Waals surface area contributed by atoms with E-state index in [0.717, 1.165) is 16.9 Å². The Kier molecular flexibility index (Phi) is 5.90. The molecule has 156 valence electrons. The summed E-state index contributed by atoms with van der Waals surface area (Å²) in [6, 6.07) is 11.4. The summed E-state index contributed by atoms with van der Waals surface area (Å²) in [6.07, 6.45) is 0. The molecule has 2 amide bonds. The molecule has 2 aromatic carbocycles. The molecular formula is C20H20N4O4S2. The van der Waals surface area contributed by atoms with Gasteiger partial charge in [0.2, 0.25) is 0 Å². The molecule has 0 aliphatic carbocycles. The van der Waals surface area contributed by atoms with Gasteiger partial charge in [0.25, 0.3) is 21.8 Å². The van der Waals surface area contributed by atoms with Crippen LogP contribution in [0.15, 0.2) is 47.4 Å². The van der Waals surface area contributed by atoms with Crippen molar-refractivity contribution in [2.45, 2.75) is 25.7 Å². The number of thiazole rings is 1. The molecule has 0 unspecified atom stereocenters. The zero-order chi connectivity index (χ0) is 22.1. The molecule has 0 saturated carbocycles. The van der Waals surface area contributed by atoms with E-state index in [1.165, 1.54) is 12.1 Å². The highest BCUT2D eigenvalue weighted by Crippen LogP contribution is 2.27. The number of aromatic nitrogens is 1. The normalized spacial score (nSPS) is 11.2. The van der Waals surface area contributed by atoms with Crippen molar-refractivity contribution in [2.24, 2.45) is 5.73 Å². The Morgan fingerprint density at radius 3 is 2.43 bits per heavy atom. The van der Waals surface area contributed by atoms with Gasteiger partial charge in [-0.3, -0.25) is 14.3 Å². The van der Waals surface area contributed by atoms with Crippen molar-refractivity contribution in [3.8, 4) is 0 Å². The van der Waals surface area contributed by atoms with Gasteiger partial charge in [0, 0.05) is 0 Å². The lowest BCUT2D eigenvalue weighted by Gasteiger charge is -2.09. The highest BCUT2D eigenvalue weighted by molar-refractivity contribution is 7.93. The fourth-order valence-electron chi connectivity index (χ4n) is 2.91. The lowest BCUT2D eigenvalue weighted by Crippen LogP contribution is -2.18. The largest absolute Gasteiger partial charge is 0.366 e. The number of hydrogen-bond donors (Lipinski definition) is 3. The third-order valence-electron chi connectivity index (χ3n) is 4.29. The average Bonchev–Trinajstić information content (AvgIpc) is 3.01. The number of anilines is 2. The Bertz CT molecular complexity index is 1250. The minimum atomic E-state index is -3.86. The number of nitrogens with one attached hydrogen (secondary N) is 2. The molecule has 0 aliphatic heterocycles. The number of amides is 2. The fourth-order valence-corrected chi connectivity index (χ4v) is 5.23. The summed E-state index contributed by atoms with van der Waals surface area (Å²) in [4.78, 5) is 28.7. The van der Waals surface area contributed by atoms with E-state index in [2.05, 4.69) is 15.0 Å². The number of carbonyl (C=O) groups is 2. The van der Waals surface area contributed by atoms with Gasteiger partial charge in [-0.25, -0.2) is 13.4 Å². The Labute approximate surface area is 178 Å². The predicted molar refractivity (Wildman–Crippen MR) is 116 cm³/mol. The molecule has 0 spiro atoms. The molecule has 0 radical (unpaired) electrons. The average molecular weight is 445 g/mol. The number of aryl methyl sites for hydroxylation is 3. The van der Waals surface area contributed by atoms with Gasteiger partial charge in [-0.1, -0.05) is 41.2 Å². The Morgan fingerprint density at radius 1 is 1.07 bits per heavy atom. The zero-order valence-electron chi connectivity index (χ0n) is 16.5. The van der Waals surface area contributed by atoms with Gasteiger partial charge < -0.3 is 11.1 Å². The van der Waals surface area contributed by atoms with E-state index in [1.54, 1.807) is 44.2 Å². The van der Waals surface area contributed by atoms with Crippen molar-refractivity contribution in [2.75, 3.05) is 10.0 Å².